The van der Waals surface area contributed by atoms with Gasteiger partial charge >= 0.3 is 0 Å². The number of ether oxygens (including phenoxy) is 2. The second-order valence-corrected chi connectivity index (χ2v) is 6.69. The lowest BCUT2D eigenvalue weighted by Gasteiger charge is -2.44. The second-order valence-electron chi connectivity index (χ2n) is 6.69. The first-order chi connectivity index (χ1) is 11.2. The fourth-order valence-corrected chi connectivity index (χ4v) is 3.83. The van der Waals surface area contributed by atoms with Crippen molar-refractivity contribution in [1.29, 1.82) is 0 Å². The zero-order valence-electron chi connectivity index (χ0n) is 13.3. The van der Waals surface area contributed by atoms with Crippen molar-refractivity contribution in [3.05, 3.63) is 23.5 Å². The Morgan fingerprint density at radius 2 is 2.22 bits per heavy atom. The van der Waals surface area contributed by atoms with Gasteiger partial charge in [0.2, 0.25) is 5.91 Å². The van der Waals surface area contributed by atoms with Gasteiger partial charge in [0.15, 0.2) is 0 Å². The lowest BCUT2D eigenvalue weighted by molar-refractivity contribution is -0.0655. The highest BCUT2D eigenvalue weighted by atomic mass is 16.5. The van der Waals surface area contributed by atoms with Crippen LogP contribution in [-0.2, 0) is 22.6 Å². The topological polar surface area (TPSA) is 73.0 Å². The van der Waals surface area contributed by atoms with Gasteiger partial charge in [-0.3, -0.25) is 14.6 Å². The maximum absolute atomic E-state index is 11.3. The summed E-state index contributed by atoms with van der Waals surface area (Å²) in [6.07, 6.45) is 2.01. The average molecular weight is 320 g/mol. The molecule has 2 atom stereocenters. The van der Waals surface area contributed by atoms with Gasteiger partial charge in [-0.1, -0.05) is 0 Å². The molecular weight excluding hydrogens is 296 g/mol. The fourth-order valence-electron chi connectivity index (χ4n) is 3.83. The monoisotopic (exact) mass is 320 g/mol. The van der Waals surface area contributed by atoms with Gasteiger partial charge in [0.25, 0.3) is 0 Å². The van der Waals surface area contributed by atoms with Crippen LogP contribution in [0.2, 0.25) is 0 Å². The van der Waals surface area contributed by atoms with Gasteiger partial charge in [-0.2, -0.15) is 0 Å². The van der Waals surface area contributed by atoms with Crippen LogP contribution in [0.3, 0.4) is 0 Å². The highest BCUT2D eigenvalue weighted by Crippen LogP contribution is 2.20. The van der Waals surface area contributed by atoms with Crippen molar-refractivity contribution in [1.82, 2.24) is 14.4 Å². The van der Waals surface area contributed by atoms with Gasteiger partial charge in [-0.15, -0.1) is 0 Å². The van der Waals surface area contributed by atoms with Crippen LogP contribution in [0, 0.1) is 0 Å². The van der Waals surface area contributed by atoms with Gasteiger partial charge in [0.05, 0.1) is 31.5 Å². The van der Waals surface area contributed by atoms with Crippen molar-refractivity contribution < 1.29 is 14.3 Å². The molecule has 0 aromatic carbocycles. The predicted molar refractivity (Wildman–Crippen MR) is 84.1 cm³/mol. The molecule has 1 amide bonds. The smallest absolute Gasteiger partial charge is 0.250 e. The number of hydrogen-bond acceptors (Lipinski definition) is 5. The molecule has 7 nitrogen and oxygen atoms in total. The van der Waals surface area contributed by atoms with Crippen LogP contribution in [-0.4, -0.2) is 78.4 Å². The standard InChI is InChI=1S/C16H24N4O3/c17-16(21)12-5-13-11-23-15(9-20(13)6-12)8-18-1-2-19-3-4-22-10-14(19)7-18/h5-6,14-15H,1-4,7-11H2,(H2,17,21)/t14-,15+/m1/s1. The summed E-state index contributed by atoms with van der Waals surface area (Å²) in [4.78, 5) is 16.3. The van der Waals surface area contributed by atoms with E-state index in [0.29, 0.717) is 18.2 Å². The number of rotatable bonds is 3. The van der Waals surface area contributed by atoms with Crippen LogP contribution in [0.25, 0.3) is 0 Å². The molecule has 2 saturated heterocycles. The Morgan fingerprint density at radius 3 is 3.09 bits per heavy atom. The lowest BCUT2D eigenvalue weighted by Crippen LogP contribution is -2.59. The van der Waals surface area contributed by atoms with Crippen LogP contribution < -0.4 is 5.73 Å². The van der Waals surface area contributed by atoms with E-state index in [4.69, 9.17) is 15.2 Å². The molecule has 126 valence electrons. The van der Waals surface area contributed by atoms with Gasteiger partial charge in [-0.25, -0.2) is 0 Å². The van der Waals surface area contributed by atoms with Crippen molar-refractivity contribution in [2.45, 2.75) is 25.3 Å². The molecule has 1 aromatic heterocycles. The zero-order valence-corrected chi connectivity index (χ0v) is 13.3. The van der Waals surface area contributed by atoms with E-state index in [-0.39, 0.29) is 12.0 Å². The second kappa shape index (κ2) is 6.24. The summed E-state index contributed by atoms with van der Waals surface area (Å²) in [5.41, 5.74) is 6.95. The molecule has 0 unspecified atom stereocenters. The lowest BCUT2D eigenvalue weighted by atomic mass is 10.1. The van der Waals surface area contributed by atoms with Crippen LogP contribution in [0.4, 0.5) is 0 Å². The number of amides is 1. The number of carbonyl (C=O) groups excluding carboxylic acids is 1. The summed E-state index contributed by atoms with van der Waals surface area (Å²) in [5, 5.41) is 0. The summed E-state index contributed by atoms with van der Waals surface area (Å²) in [5.74, 6) is -0.378. The molecule has 0 bridgehead atoms. The van der Waals surface area contributed by atoms with E-state index in [0.717, 1.165) is 58.2 Å². The maximum Gasteiger partial charge on any atom is 0.250 e. The third kappa shape index (κ3) is 3.14. The minimum atomic E-state index is -0.378. The van der Waals surface area contributed by atoms with E-state index in [9.17, 15) is 4.79 Å². The molecule has 2 fully saturated rings. The predicted octanol–water partition coefficient (Wildman–Crippen LogP) is -0.498. The van der Waals surface area contributed by atoms with Crippen molar-refractivity contribution in [2.24, 2.45) is 5.73 Å². The van der Waals surface area contributed by atoms with Gasteiger partial charge < -0.3 is 19.8 Å². The summed E-state index contributed by atoms with van der Waals surface area (Å²) >= 11 is 0. The fraction of sp³-hybridized carbons (Fsp3) is 0.688. The maximum atomic E-state index is 11.3. The third-order valence-electron chi connectivity index (χ3n) is 5.12. The molecule has 0 saturated carbocycles. The van der Waals surface area contributed by atoms with Crippen molar-refractivity contribution in [3.8, 4) is 0 Å². The minimum absolute atomic E-state index is 0.159. The summed E-state index contributed by atoms with van der Waals surface area (Å²) < 4.78 is 13.7. The average Bonchev–Trinajstić information content (AvgIpc) is 2.98. The van der Waals surface area contributed by atoms with E-state index in [1.54, 1.807) is 0 Å². The molecule has 4 rings (SSSR count). The molecule has 2 N–H and O–H groups in total. The molecule has 7 heteroatoms. The number of nitrogens with two attached hydrogens (primary N) is 1. The van der Waals surface area contributed by atoms with Crippen LogP contribution in [0.15, 0.2) is 12.3 Å². The normalized spacial score (nSPS) is 29.0. The summed E-state index contributed by atoms with van der Waals surface area (Å²) in [6, 6.07) is 2.35. The number of aromatic nitrogens is 1. The number of carbonyl (C=O) groups is 1. The quantitative estimate of drug-likeness (QED) is 0.813. The largest absolute Gasteiger partial charge is 0.378 e. The minimum Gasteiger partial charge on any atom is -0.378 e. The molecule has 23 heavy (non-hydrogen) atoms. The number of fused-ring (bicyclic) bond motifs is 2. The van der Waals surface area contributed by atoms with Crippen molar-refractivity contribution >= 4 is 5.91 Å². The molecular formula is C16H24N4O3. The van der Waals surface area contributed by atoms with Crippen molar-refractivity contribution in [2.75, 3.05) is 45.9 Å². The Balaban J connectivity index is 1.35. The highest BCUT2D eigenvalue weighted by Gasteiger charge is 2.31. The third-order valence-corrected chi connectivity index (χ3v) is 5.12. The van der Waals surface area contributed by atoms with E-state index < -0.39 is 0 Å². The van der Waals surface area contributed by atoms with Gasteiger partial charge in [-0.05, 0) is 6.07 Å². The zero-order chi connectivity index (χ0) is 15.8. The first kappa shape index (κ1) is 15.1. The van der Waals surface area contributed by atoms with Crippen LogP contribution >= 0.6 is 0 Å². The molecule has 0 aliphatic carbocycles. The molecule has 3 aliphatic rings. The SMILES string of the molecule is NC(=O)c1cc2n(c1)C[C@H](CN1CCN3CCOC[C@H]3C1)OC2. The van der Waals surface area contributed by atoms with Gasteiger partial charge in [0.1, 0.15) is 0 Å². The molecule has 3 aliphatic heterocycles. The molecule has 0 radical (unpaired) electrons. The molecule has 0 spiro atoms. The Labute approximate surface area is 135 Å². The van der Waals surface area contributed by atoms with Crippen LogP contribution in [0.1, 0.15) is 16.1 Å². The Hall–Kier alpha value is -1.41. The number of primary amides is 1. The highest BCUT2D eigenvalue weighted by molar-refractivity contribution is 5.92. The number of nitrogens with zero attached hydrogens (tertiary/aromatic N) is 3. The van der Waals surface area contributed by atoms with E-state index >= 15 is 0 Å². The number of morpholine rings is 1. The van der Waals surface area contributed by atoms with E-state index in [1.807, 2.05) is 12.3 Å². The van der Waals surface area contributed by atoms with E-state index in [2.05, 4.69) is 14.4 Å². The Bertz CT molecular complexity index is 588. The molecule has 1 aromatic rings. The number of hydrogen-bond donors (Lipinski definition) is 1. The van der Waals surface area contributed by atoms with Crippen molar-refractivity contribution in [3.63, 3.8) is 0 Å². The first-order valence-electron chi connectivity index (χ1n) is 8.33. The first-order valence-corrected chi connectivity index (χ1v) is 8.33. The van der Waals surface area contributed by atoms with E-state index in [1.165, 1.54) is 0 Å². The molecule has 4 heterocycles. The van der Waals surface area contributed by atoms with Gasteiger partial charge in [0, 0.05) is 57.2 Å². The summed E-state index contributed by atoms with van der Waals surface area (Å²) in [7, 11) is 0. The van der Waals surface area contributed by atoms with Crippen LogP contribution in [0.5, 0.6) is 0 Å². The summed E-state index contributed by atoms with van der Waals surface area (Å²) in [6.45, 7) is 8.25. The Morgan fingerprint density at radius 1 is 1.30 bits per heavy atom. The Kier molecular flexibility index (Phi) is 4.11. The number of piperazine rings is 1.